The lowest BCUT2D eigenvalue weighted by molar-refractivity contribution is -0.172. The van der Waals surface area contributed by atoms with Gasteiger partial charge in [0.05, 0.1) is 5.60 Å². The van der Waals surface area contributed by atoms with Gasteiger partial charge in [-0.2, -0.15) is 0 Å². The van der Waals surface area contributed by atoms with Crippen molar-refractivity contribution in [2.45, 2.75) is 45.3 Å². The van der Waals surface area contributed by atoms with Gasteiger partial charge in [0.25, 0.3) is 0 Å². The SMILES string of the molecule is Cc1ccc(/C=C2/C(=O)C3CCC2C(C)(C)O3)cc1. The summed E-state index contributed by atoms with van der Waals surface area (Å²) in [4.78, 5) is 12.4. The third-order valence-corrected chi connectivity index (χ3v) is 4.35. The molecular formula is C17H20O2. The highest BCUT2D eigenvalue weighted by Crippen LogP contribution is 2.45. The van der Waals surface area contributed by atoms with Crippen LogP contribution in [-0.2, 0) is 9.53 Å². The summed E-state index contributed by atoms with van der Waals surface area (Å²) in [5.41, 5.74) is 3.09. The van der Waals surface area contributed by atoms with Gasteiger partial charge in [0.1, 0.15) is 6.10 Å². The summed E-state index contributed by atoms with van der Waals surface area (Å²) in [6.45, 7) is 6.26. The van der Waals surface area contributed by atoms with E-state index in [0.717, 1.165) is 24.0 Å². The summed E-state index contributed by atoms with van der Waals surface area (Å²) in [6.07, 6.45) is 3.76. The van der Waals surface area contributed by atoms with Crippen LogP contribution in [0.4, 0.5) is 0 Å². The minimum Gasteiger partial charge on any atom is -0.364 e. The Hall–Kier alpha value is -1.41. The van der Waals surface area contributed by atoms with Crippen LogP contribution < -0.4 is 0 Å². The van der Waals surface area contributed by atoms with E-state index in [1.165, 1.54) is 5.56 Å². The Morgan fingerprint density at radius 1 is 1.21 bits per heavy atom. The lowest BCUT2D eigenvalue weighted by Crippen LogP contribution is -2.54. The van der Waals surface area contributed by atoms with E-state index < -0.39 is 0 Å². The summed E-state index contributed by atoms with van der Waals surface area (Å²) >= 11 is 0. The number of ether oxygens (including phenoxy) is 1. The van der Waals surface area contributed by atoms with Crippen LogP contribution in [0.15, 0.2) is 29.8 Å². The summed E-state index contributed by atoms with van der Waals surface area (Å²) in [5, 5.41) is 0. The van der Waals surface area contributed by atoms with Crippen LogP contribution >= 0.6 is 0 Å². The molecule has 1 aliphatic carbocycles. The van der Waals surface area contributed by atoms with Crippen LogP contribution in [-0.4, -0.2) is 17.5 Å². The molecule has 0 aromatic heterocycles. The van der Waals surface area contributed by atoms with Crippen molar-refractivity contribution in [3.63, 3.8) is 0 Å². The van der Waals surface area contributed by atoms with Gasteiger partial charge in [-0.05, 0) is 45.3 Å². The average molecular weight is 256 g/mol. The van der Waals surface area contributed by atoms with E-state index in [1.807, 2.05) is 0 Å². The first-order valence-electron chi connectivity index (χ1n) is 6.98. The molecule has 2 heterocycles. The second kappa shape index (κ2) is 4.31. The maximum absolute atomic E-state index is 12.4. The monoisotopic (exact) mass is 256 g/mol. The Morgan fingerprint density at radius 3 is 2.53 bits per heavy atom. The number of hydrogen-bond donors (Lipinski definition) is 0. The zero-order valence-corrected chi connectivity index (χ0v) is 11.8. The Bertz CT molecular complexity index is 537. The number of aryl methyl sites for hydroxylation is 1. The van der Waals surface area contributed by atoms with Crippen molar-refractivity contribution in [2.24, 2.45) is 5.92 Å². The standard InChI is InChI=1S/C17H20O2/c1-11-4-6-12(7-5-11)10-13-14-8-9-15(16(13)18)19-17(14,2)3/h4-7,10,14-15H,8-9H2,1-3H3/b13-10+. The highest BCUT2D eigenvalue weighted by Gasteiger charge is 2.49. The Morgan fingerprint density at radius 2 is 1.89 bits per heavy atom. The van der Waals surface area contributed by atoms with Gasteiger partial charge in [0.2, 0.25) is 0 Å². The molecule has 3 fully saturated rings. The molecular weight excluding hydrogens is 236 g/mol. The lowest BCUT2D eigenvalue weighted by Gasteiger charge is -2.48. The predicted octanol–water partition coefficient (Wildman–Crippen LogP) is 3.53. The van der Waals surface area contributed by atoms with E-state index in [9.17, 15) is 4.79 Å². The molecule has 3 aliphatic rings. The fourth-order valence-electron chi connectivity index (χ4n) is 3.26. The van der Waals surface area contributed by atoms with E-state index in [1.54, 1.807) is 0 Å². The molecule has 2 heteroatoms. The maximum Gasteiger partial charge on any atom is 0.187 e. The zero-order valence-electron chi connectivity index (χ0n) is 11.8. The number of fused-ring (bicyclic) bond motifs is 3. The molecule has 2 unspecified atom stereocenters. The molecule has 4 rings (SSSR count). The summed E-state index contributed by atoms with van der Waals surface area (Å²) in [5.74, 6) is 0.419. The molecule has 0 N–H and O–H groups in total. The number of carbonyl (C=O) groups is 1. The fraction of sp³-hybridized carbons (Fsp3) is 0.471. The largest absolute Gasteiger partial charge is 0.364 e. The van der Waals surface area contributed by atoms with Gasteiger partial charge in [-0.25, -0.2) is 0 Å². The lowest BCUT2D eigenvalue weighted by atomic mass is 9.69. The van der Waals surface area contributed by atoms with Crippen molar-refractivity contribution in [1.82, 2.24) is 0 Å². The van der Waals surface area contributed by atoms with E-state index >= 15 is 0 Å². The highest BCUT2D eigenvalue weighted by molar-refractivity contribution is 6.04. The molecule has 1 aromatic carbocycles. The van der Waals surface area contributed by atoms with Crippen LogP contribution in [0.3, 0.4) is 0 Å². The van der Waals surface area contributed by atoms with Gasteiger partial charge in [-0.3, -0.25) is 4.79 Å². The first-order chi connectivity index (χ1) is 8.97. The predicted molar refractivity (Wildman–Crippen MR) is 75.8 cm³/mol. The number of rotatable bonds is 1. The number of hydrogen-bond acceptors (Lipinski definition) is 2. The highest BCUT2D eigenvalue weighted by atomic mass is 16.5. The molecule has 2 saturated heterocycles. The molecule has 0 amide bonds. The van der Waals surface area contributed by atoms with E-state index in [4.69, 9.17) is 4.74 Å². The Kier molecular flexibility index (Phi) is 2.86. The van der Waals surface area contributed by atoms with Crippen molar-refractivity contribution in [2.75, 3.05) is 0 Å². The minimum absolute atomic E-state index is 0.191. The Labute approximate surface area is 114 Å². The smallest absolute Gasteiger partial charge is 0.187 e. The van der Waals surface area contributed by atoms with Crippen LogP contribution in [0.2, 0.25) is 0 Å². The number of carbonyl (C=O) groups excluding carboxylic acids is 1. The topological polar surface area (TPSA) is 26.3 Å². The summed E-state index contributed by atoms with van der Waals surface area (Å²) < 4.78 is 5.88. The number of ketones is 1. The van der Waals surface area contributed by atoms with Gasteiger partial charge in [0.15, 0.2) is 5.78 Å². The third-order valence-electron chi connectivity index (χ3n) is 4.35. The maximum atomic E-state index is 12.4. The molecule has 2 atom stereocenters. The van der Waals surface area contributed by atoms with Crippen molar-refractivity contribution < 1.29 is 9.53 Å². The van der Waals surface area contributed by atoms with Gasteiger partial charge >= 0.3 is 0 Å². The van der Waals surface area contributed by atoms with Crippen LogP contribution in [0.5, 0.6) is 0 Å². The van der Waals surface area contributed by atoms with E-state index in [-0.39, 0.29) is 23.4 Å². The molecule has 2 nitrogen and oxygen atoms in total. The second-order valence-corrected chi connectivity index (χ2v) is 6.21. The normalized spacial score (nSPS) is 30.9. The van der Waals surface area contributed by atoms with E-state index in [2.05, 4.69) is 51.1 Å². The number of Topliss-reactive ketones (excluding diaryl/α,β-unsaturated/α-hetero) is 1. The van der Waals surface area contributed by atoms with Gasteiger partial charge in [-0.1, -0.05) is 29.8 Å². The fourth-order valence-corrected chi connectivity index (χ4v) is 3.26. The average Bonchev–Trinajstić information content (AvgIpc) is 2.36. The number of benzene rings is 1. The Balaban J connectivity index is 1.99. The molecule has 100 valence electrons. The molecule has 2 aliphatic heterocycles. The second-order valence-electron chi connectivity index (χ2n) is 6.21. The molecule has 1 aromatic rings. The van der Waals surface area contributed by atoms with E-state index in [0.29, 0.717) is 0 Å². The zero-order chi connectivity index (χ0) is 13.6. The molecule has 2 bridgehead atoms. The molecule has 0 radical (unpaired) electrons. The minimum atomic E-state index is -0.225. The molecule has 1 saturated carbocycles. The van der Waals surface area contributed by atoms with Crippen LogP contribution in [0, 0.1) is 12.8 Å². The van der Waals surface area contributed by atoms with Crippen molar-refractivity contribution in [1.29, 1.82) is 0 Å². The summed E-state index contributed by atoms with van der Waals surface area (Å²) in [7, 11) is 0. The van der Waals surface area contributed by atoms with Crippen molar-refractivity contribution in [3.05, 3.63) is 41.0 Å². The summed E-state index contributed by atoms with van der Waals surface area (Å²) in [6, 6.07) is 8.32. The molecule has 19 heavy (non-hydrogen) atoms. The van der Waals surface area contributed by atoms with Crippen LogP contribution in [0.25, 0.3) is 6.08 Å². The van der Waals surface area contributed by atoms with Gasteiger partial charge in [0, 0.05) is 11.5 Å². The van der Waals surface area contributed by atoms with Gasteiger partial charge in [-0.15, -0.1) is 0 Å². The van der Waals surface area contributed by atoms with Gasteiger partial charge < -0.3 is 4.74 Å². The van der Waals surface area contributed by atoms with Crippen LogP contribution in [0.1, 0.15) is 37.8 Å². The van der Waals surface area contributed by atoms with Crippen molar-refractivity contribution >= 4 is 11.9 Å². The van der Waals surface area contributed by atoms with Crippen molar-refractivity contribution in [3.8, 4) is 0 Å². The molecule has 0 spiro atoms. The third kappa shape index (κ3) is 2.14. The first-order valence-corrected chi connectivity index (χ1v) is 6.98. The quantitative estimate of drug-likeness (QED) is 0.718. The first kappa shape index (κ1) is 12.6.